The average Bonchev–Trinajstić information content (AvgIpc) is 2.24. The summed E-state index contributed by atoms with van der Waals surface area (Å²) in [7, 11) is 0. The fourth-order valence-corrected chi connectivity index (χ4v) is 1.60. The normalized spacial score (nSPS) is 10.0. The number of hydrogen-bond acceptors (Lipinski definition) is 3. The summed E-state index contributed by atoms with van der Waals surface area (Å²) in [6.45, 7) is 0.160. The number of carbonyl (C=O) groups excluding carboxylic acids is 2. The Morgan fingerprint density at radius 1 is 1.24 bits per heavy atom. The number of nitrogens with one attached hydrogen (secondary N) is 1. The highest BCUT2D eigenvalue weighted by Crippen LogP contribution is 2.28. The van der Waals surface area contributed by atoms with Crippen LogP contribution in [-0.4, -0.2) is 18.4 Å². The monoisotopic (exact) mass is 275 g/mol. The van der Waals surface area contributed by atoms with Crippen molar-refractivity contribution in [3.8, 4) is 0 Å². The first kappa shape index (κ1) is 13.6. The first-order valence-electron chi connectivity index (χ1n) is 4.73. The molecule has 0 unspecified atom stereocenters. The molecule has 0 aliphatic rings. The average molecular weight is 276 g/mol. The summed E-state index contributed by atoms with van der Waals surface area (Å²) >= 11 is 11.6. The standard InChI is InChI=1S/C10H11Cl2N3O2/c11-6-3-5(4-7(12)9(6)14)10(17)15-2-1-8(13)16/h3-4H,1-2,14H2,(H2,13,16)(H,15,17). The van der Waals surface area contributed by atoms with Gasteiger partial charge in [-0.1, -0.05) is 23.2 Å². The third-order valence-electron chi connectivity index (χ3n) is 2.00. The van der Waals surface area contributed by atoms with Gasteiger partial charge in [0.2, 0.25) is 5.91 Å². The van der Waals surface area contributed by atoms with Gasteiger partial charge in [0.1, 0.15) is 0 Å². The minimum absolute atomic E-state index is 0.0716. The van der Waals surface area contributed by atoms with Crippen LogP contribution in [0.5, 0.6) is 0 Å². The molecule has 17 heavy (non-hydrogen) atoms. The van der Waals surface area contributed by atoms with Gasteiger partial charge < -0.3 is 16.8 Å². The summed E-state index contributed by atoms with van der Waals surface area (Å²) in [4.78, 5) is 22.1. The number of nitrogens with two attached hydrogens (primary N) is 2. The summed E-state index contributed by atoms with van der Waals surface area (Å²) in [5, 5.41) is 2.92. The maximum absolute atomic E-state index is 11.6. The molecule has 7 heteroatoms. The molecule has 92 valence electrons. The number of halogens is 2. The van der Waals surface area contributed by atoms with E-state index < -0.39 is 11.8 Å². The Bertz CT molecular complexity index is 440. The second-order valence-corrected chi connectivity index (χ2v) is 4.14. The molecular weight excluding hydrogens is 265 g/mol. The molecule has 0 bridgehead atoms. The van der Waals surface area contributed by atoms with E-state index in [0.717, 1.165) is 0 Å². The topological polar surface area (TPSA) is 98.2 Å². The number of primary amides is 1. The highest BCUT2D eigenvalue weighted by molar-refractivity contribution is 6.39. The van der Waals surface area contributed by atoms with Gasteiger partial charge in [-0.3, -0.25) is 9.59 Å². The van der Waals surface area contributed by atoms with Gasteiger partial charge in [-0.05, 0) is 12.1 Å². The van der Waals surface area contributed by atoms with E-state index in [9.17, 15) is 9.59 Å². The molecule has 1 aromatic rings. The molecule has 0 aromatic heterocycles. The van der Waals surface area contributed by atoms with E-state index in [1.54, 1.807) is 0 Å². The van der Waals surface area contributed by atoms with E-state index >= 15 is 0 Å². The SMILES string of the molecule is NC(=O)CCNC(=O)c1cc(Cl)c(N)c(Cl)c1. The number of amides is 2. The van der Waals surface area contributed by atoms with Crippen molar-refractivity contribution >= 4 is 40.7 Å². The van der Waals surface area contributed by atoms with Crippen LogP contribution in [-0.2, 0) is 4.79 Å². The molecule has 0 saturated carbocycles. The van der Waals surface area contributed by atoms with Crippen LogP contribution in [0.3, 0.4) is 0 Å². The zero-order valence-electron chi connectivity index (χ0n) is 8.80. The van der Waals surface area contributed by atoms with Crippen LogP contribution in [0.25, 0.3) is 0 Å². The Kier molecular flexibility index (Phi) is 4.60. The summed E-state index contributed by atoms with van der Waals surface area (Å²) in [5.41, 5.74) is 11.0. The lowest BCUT2D eigenvalue weighted by atomic mass is 10.2. The smallest absolute Gasteiger partial charge is 0.251 e. The maximum Gasteiger partial charge on any atom is 0.251 e. The third kappa shape index (κ3) is 3.80. The zero-order chi connectivity index (χ0) is 13.0. The Balaban J connectivity index is 2.73. The van der Waals surface area contributed by atoms with Crippen LogP contribution in [0, 0.1) is 0 Å². The van der Waals surface area contributed by atoms with E-state index in [-0.39, 0.29) is 34.3 Å². The van der Waals surface area contributed by atoms with E-state index in [0.29, 0.717) is 0 Å². The van der Waals surface area contributed by atoms with Crippen molar-refractivity contribution in [3.63, 3.8) is 0 Å². The molecule has 0 heterocycles. The van der Waals surface area contributed by atoms with Gasteiger partial charge in [0.25, 0.3) is 5.91 Å². The predicted octanol–water partition coefficient (Wildman–Crippen LogP) is 1.18. The van der Waals surface area contributed by atoms with Gasteiger partial charge in [0.05, 0.1) is 15.7 Å². The van der Waals surface area contributed by atoms with Crippen LogP contribution in [0.1, 0.15) is 16.8 Å². The molecule has 0 aliphatic carbocycles. The van der Waals surface area contributed by atoms with Gasteiger partial charge in [0.15, 0.2) is 0 Å². The van der Waals surface area contributed by atoms with Gasteiger partial charge in [-0.25, -0.2) is 0 Å². The quantitative estimate of drug-likeness (QED) is 0.720. The molecule has 2 amide bonds. The number of benzene rings is 1. The number of nitrogen functional groups attached to an aromatic ring is 1. The number of hydrogen-bond donors (Lipinski definition) is 3. The molecule has 5 N–H and O–H groups in total. The lowest BCUT2D eigenvalue weighted by molar-refractivity contribution is -0.117. The Labute approximate surface area is 108 Å². The molecule has 0 radical (unpaired) electrons. The largest absolute Gasteiger partial charge is 0.396 e. The van der Waals surface area contributed by atoms with Gasteiger partial charge in [-0.15, -0.1) is 0 Å². The van der Waals surface area contributed by atoms with E-state index in [1.165, 1.54) is 12.1 Å². The number of anilines is 1. The van der Waals surface area contributed by atoms with Crippen molar-refractivity contribution in [2.75, 3.05) is 12.3 Å². The lowest BCUT2D eigenvalue weighted by Gasteiger charge is -2.07. The molecule has 1 rings (SSSR count). The Morgan fingerprint density at radius 3 is 2.24 bits per heavy atom. The van der Waals surface area contributed by atoms with Crippen LogP contribution >= 0.6 is 23.2 Å². The first-order valence-corrected chi connectivity index (χ1v) is 5.48. The molecule has 0 aliphatic heterocycles. The summed E-state index contributed by atoms with van der Waals surface area (Å²) in [6, 6.07) is 2.81. The summed E-state index contributed by atoms with van der Waals surface area (Å²) in [6.07, 6.45) is 0.0716. The van der Waals surface area contributed by atoms with Crippen molar-refractivity contribution in [3.05, 3.63) is 27.7 Å². The molecule has 1 aromatic carbocycles. The molecule has 0 spiro atoms. The fraction of sp³-hybridized carbons (Fsp3) is 0.200. The van der Waals surface area contributed by atoms with Gasteiger partial charge >= 0.3 is 0 Å². The zero-order valence-corrected chi connectivity index (χ0v) is 10.3. The lowest BCUT2D eigenvalue weighted by Crippen LogP contribution is -2.27. The van der Waals surface area contributed by atoms with Crippen molar-refractivity contribution in [1.29, 1.82) is 0 Å². The van der Waals surface area contributed by atoms with Crippen molar-refractivity contribution in [2.45, 2.75) is 6.42 Å². The van der Waals surface area contributed by atoms with Gasteiger partial charge in [0, 0.05) is 18.5 Å². The third-order valence-corrected chi connectivity index (χ3v) is 2.62. The Hall–Kier alpha value is -1.46. The second-order valence-electron chi connectivity index (χ2n) is 3.33. The van der Waals surface area contributed by atoms with Crippen molar-refractivity contribution in [2.24, 2.45) is 5.73 Å². The van der Waals surface area contributed by atoms with Crippen molar-refractivity contribution in [1.82, 2.24) is 5.32 Å². The van der Waals surface area contributed by atoms with Crippen LogP contribution in [0.15, 0.2) is 12.1 Å². The minimum Gasteiger partial charge on any atom is -0.396 e. The fourth-order valence-electron chi connectivity index (χ4n) is 1.12. The highest BCUT2D eigenvalue weighted by Gasteiger charge is 2.10. The first-order chi connectivity index (χ1) is 7.91. The molecule has 0 atom stereocenters. The van der Waals surface area contributed by atoms with Crippen LogP contribution < -0.4 is 16.8 Å². The molecule has 0 fully saturated rings. The number of carbonyl (C=O) groups is 2. The van der Waals surface area contributed by atoms with Crippen LogP contribution in [0.4, 0.5) is 5.69 Å². The van der Waals surface area contributed by atoms with Crippen LogP contribution in [0.2, 0.25) is 10.0 Å². The Morgan fingerprint density at radius 2 is 1.76 bits per heavy atom. The van der Waals surface area contributed by atoms with Gasteiger partial charge in [-0.2, -0.15) is 0 Å². The molecule has 0 saturated heterocycles. The minimum atomic E-state index is -0.487. The van der Waals surface area contributed by atoms with E-state index in [4.69, 9.17) is 34.7 Å². The van der Waals surface area contributed by atoms with E-state index in [1.807, 2.05) is 0 Å². The predicted molar refractivity (Wildman–Crippen MR) is 67.0 cm³/mol. The second kappa shape index (κ2) is 5.75. The van der Waals surface area contributed by atoms with Crippen molar-refractivity contribution < 1.29 is 9.59 Å². The number of rotatable bonds is 4. The highest BCUT2D eigenvalue weighted by atomic mass is 35.5. The van der Waals surface area contributed by atoms with E-state index in [2.05, 4.69) is 5.32 Å². The summed E-state index contributed by atoms with van der Waals surface area (Å²) < 4.78 is 0. The summed E-state index contributed by atoms with van der Waals surface area (Å²) in [5.74, 6) is -0.881. The molecular formula is C10H11Cl2N3O2. The molecule has 5 nitrogen and oxygen atoms in total. The maximum atomic E-state index is 11.6.